The quantitative estimate of drug-likeness (QED) is 0.347. The predicted octanol–water partition coefficient (Wildman–Crippen LogP) is 5.38. The van der Waals surface area contributed by atoms with Crippen LogP contribution in [0.1, 0.15) is 42.0 Å². The third-order valence-corrected chi connectivity index (χ3v) is 6.31. The molecule has 1 N–H and O–H groups in total. The summed E-state index contributed by atoms with van der Waals surface area (Å²) in [5.74, 6) is -0.453. The lowest BCUT2D eigenvalue weighted by atomic mass is 10.0. The zero-order valence-corrected chi connectivity index (χ0v) is 21.3. The summed E-state index contributed by atoms with van der Waals surface area (Å²) in [5, 5.41) is 2.96. The van der Waals surface area contributed by atoms with Gasteiger partial charge in [0.2, 0.25) is 5.91 Å². The Kier molecular flexibility index (Phi) is 10.0. The van der Waals surface area contributed by atoms with Crippen molar-refractivity contribution in [1.29, 1.82) is 0 Å². The minimum atomic E-state index is -0.821. The average Bonchev–Trinajstić information content (AvgIpc) is 2.88. The summed E-state index contributed by atoms with van der Waals surface area (Å²) in [6.07, 6.45) is 2.08. The highest BCUT2D eigenvalue weighted by Crippen LogP contribution is 2.22. The van der Waals surface area contributed by atoms with Crippen molar-refractivity contribution in [2.75, 3.05) is 13.2 Å². The topological polar surface area (TPSA) is 58.6 Å². The van der Waals surface area contributed by atoms with E-state index < -0.39 is 11.9 Å². The summed E-state index contributed by atoms with van der Waals surface area (Å²) in [6, 6.07) is 20.7. The van der Waals surface area contributed by atoms with E-state index in [-0.39, 0.29) is 25.0 Å². The smallest absolute Gasteiger partial charge is 0.261 e. The first-order valence-corrected chi connectivity index (χ1v) is 12.4. The van der Waals surface area contributed by atoms with Gasteiger partial charge in [0, 0.05) is 25.1 Å². The number of rotatable bonds is 12. The van der Waals surface area contributed by atoms with Gasteiger partial charge >= 0.3 is 0 Å². The van der Waals surface area contributed by atoms with Gasteiger partial charge in [0.1, 0.15) is 17.6 Å². The van der Waals surface area contributed by atoms with Crippen LogP contribution in [0.5, 0.6) is 5.75 Å². The normalized spacial score (nSPS) is 11.6. The second kappa shape index (κ2) is 13.4. The molecule has 0 aromatic heterocycles. The van der Waals surface area contributed by atoms with E-state index in [4.69, 9.17) is 4.74 Å². The van der Waals surface area contributed by atoms with Gasteiger partial charge in [-0.05, 0) is 49.1 Å². The van der Waals surface area contributed by atoms with Gasteiger partial charge in [-0.25, -0.2) is 4.39 Å². The van der Waals surface area contributed by atoms with Crippen LogP contribution in [0.2, 0.25) is 0 Å². The molecule has 0 heterocycles. The summed E-state index contributed by atoms with van der Waals surface area (Å²) in [7, 11) is 0. The van der Waals surface area contributed by atoms with Gasteiger partial charge in [0.05, 0.1) is 0 Å². The molecule has 0 aliphatic carbocycles. The third kappa shape index (κ3) is 7.41. The van der Waals surface area contributed by atoms with Crippen molar-refractivity contribution >= 4 is 11.8 Å². The highest BCUT2D eigenvalue weighted by atomic mass is 19.1. The SMILES string of the molecule is CCCCNC(=O)[C@H](Cc1ccccc1)N(Cc1ccccc1F)C(=O)COc1cccc(C)c1C. The number of hydrogen-bond acceptors (Lipinski definition) is 3. The maximum atomic E-state index is 14.6. The summed E-state index contributed by atoms with van der Waals surface area (Å²) in [6.45, 7) is 6.18. The predicted molar refractivity (Wildman–Crippen MR) is 140 cm³/mol. The maximum absolute atomic E-state index is 14.6. The Bertz CT molecular complexity index is 1150. The largest absolute Gasteiger partial charge is 0.483 e. The minimum Gasteiger partial charge on any atom is -0.483 e. The van der Waals surface area contributed by atoms with Crippen LogP contribution in [0, 0.1) is 19.7 Å². The average molecular weight is 491 g/mol. The number of carbonyl (C=O) groups is 2. The molecule has 0 bridgehead atoms. The number of hydrogen-bond donors (Lipinski definition) is 1. The van der Waals surface area contributed by atoms with Crippen molar-refractivity contribution in [3.8, 4) is 5.75 Å². The number of unbranched alkanes of at least 4 members (excludes halogenated alkanes) is 1. The van der Waals surface area contributed by atoms with Crippen molar-refractivity contribution in [2.24, 2.45) is 0 Å². The summed E-state index contributed by atoms with van der Waals surface area (Å²) >= 11 is 0. The fourth-order valence-corrected chi connectivity index (χ4v) is 3.97. The van der Waals surface area contributed by atoms with Gasteiger partial charge in [-0.1, -0.05) is 74.0 Å². The highest BCUT2D eigenvalue weighted by Gasteiger charge is 2.31. The zero-order valence-electron chi connectivity index (χ0n) is 21.3. The van der Waals surface area contributed by atoms with E-state index in [9.17, 15) is 14.0 Å². The highest BCUT2D eigenvalue weighted by molar-refractivity contribution is 5.88. The molecule has 0 saturated carbocycles. The van der Waals surface area contributed by atoms with E-state index in [1.807, 2.05) is 69.3 Å². The molecule has 5 nitrogen and oxygen atoms in total. The summed E-state index contributed by atoms with van der Waals surface area (Å²) < 4.78 is 20.5. The van der Waals surface area contributed by atoms with Crippen LogP contribution in [0.3, 0.4) is 0 Å². The molecule has 0 saturated heterocycles. The molecular formula is C30H35FN2O3. The Balaban J connectivity index is 1.91. The van der Waals surface area contributed by atoms with Gasteiger partial charge in [0.25, 0.3) is 5.91 Å². The Morgan fingerprint density at radius 1 is 0.972 bits per heavy atom. The molecule has 0 unspecified atom stereocenters. The number of halogens is 1. The van der Waals surface area contributed by atoms with Crippen molar-refractivity contribution in [2.45, 2.75) is 52.6 Å². The summed E-state index contributed by atoms with van der Waals surface area (Å²) in [4.78, 5) is 28.4. The second-order valence-corrected chi connectivity index (χ2v) is 8.95. The van der Waals surface area contributed by atoms with Crippen molar-refractivity contribution in [1.82, 2.24) is 10.2 Å². The lowest BCUT2D eigenvalue weighted by Gasteiger charge is -2.31. The second-order valence-electron chi connectivity index (χ2n) is 8.95. The number of nitrogens with one attached hydrogen (secondary N) is 1. The minimum absolute atomic E-state index is 0.0413. The Hall–Kier alpha value is -3.67. The maximum Gasteiger partial charge on any atom is 0.261 e. The number of amides is 2. The molecule has 0 aliphatic heterocycles. The fourth-order valence-electron chi connectivity index (χ4n) is 3.97. The standard InChI is InChI=1S/C30H35FN2O3/c1-4-5-18-32-30(35)27(19-24-13-7-6-8-14-24)33(20-25-15-9-10-16-26(25)31)29(34)21-36-28-17-11-12-22(2)23(28)3/h6-17,27H,4-5,18-21H2,1-3H3,(H,32,35)/t27-/m0/s1. The summed E-state index contributed by atoms with van der Waals surface area (Å²) in [5.41, 5.74) is 3.26. The molecule has 1 atom stereocenters. The van der Waals surface area contributed by atoms with Crippen LogP contribution in [-0.2, 0) is 22.6 Å². The Labute approximate surface area is 213 Å². The molecule has 6 heteroatoms. The van der Waals surface area contributed by atoms with Gasteiger partial charge in [-0.2, -0.15) is 0 Å². The number of ether oxygens (including phenoxy) is 1. The molecule has 36 heavy (non-hydrogen) atoms. The third-order valence-electron chi connectivity index (χ3n) is 6.31. The monoisotopic (exact) mass is 490 g/mol. The van der Waals surface area contributed by atoms with E-state index >= 15 is 0 Å². The number of nitrogens with zero attached hydrogens (tertiary/aromatic N) is 1. The molecule has 0 radical (unpaired) electrons. The Morgan fingerprint density at radius 3 is 2.42 bits per heavy atom. The van der Waals surface area contributed by atoms with Crippen molar-refractivity contribution in [3.63, 3.8) is 0 Å². The molecular weight excluding hydrogens is 455 g/mol. The first kappa shape index (κ1) is 26.9. The van der Waals surface area contributed by atoms with E-state index in [0.29, 0.717) is 24.3 Å². The molecule has 0 aliphatic rings. The molecule has 3 rings (SSSR count). The van der Waals surface area contributed by atoms with Crippen molar-refractivity contribution in [3.05, 3.63) is 101 Å². The number of benzene rings is 3. The molecule has 2 amide bonds. The van der Waals surface area contributed by atoms with Crippen LogP contribution in [0.15, 0.2) is 72.8 Å². The first-order valence-electron chi connectivity index (χ1n) is 12.4. The molecule has 3 aromatic rings. The number of aryl methyl sites for hydroxylation is 1. The van der Waals surface area contributed by atoms with E-state index in [1.54, 1.807) is 18.2 Å². The lowest BCUT2D eigenvalue weighted by molar-refractivity contribution is -0.142. The molecule has 190 valence electrons. The fraction of sp³-hybridized carbons (Fsp3) is 0.333. The lowest BCUT2D eigenvalue weighted by Crippen LogP contribution is -2.52. The van der Waals surface area contributed by atoms with Gasteiger partial charge in [-0.15, -0.1) is 0 Å². The molecule has 0 spiro atoms. The van der Waals surface area contributed by atoms with Crippen molar-refractivity contribution < 1.29 is 18.7 Å². The van der Waals surface area contributed by atoms with E-state index in [1.165, 1.54) is 11.0 Å². The van der Waals surface area contributed by atoms with Gasteiger partial charge in [-0.3, -0.25) is 9.59 Å². The Morgan fingerprint density at radius 2 is 1.69 bits per heavy atom. The zero-order chi connectivity index (χ0) is 25.9. The van der Waals surface area contributed by atoms with Crippen LogP contribution in [-0.4, -0.2) is 35.9 Å². The molecule has 3 aromatic carbocycles. The van der Waals surface area contributed by atoms with Crippen LogP contribution < -0.4 is 10.1 Å². The first-order chi connectivity index (χ1) is 17.4. The van der Waals surface area contributed by atoms with Crippen LogP contribution in [0.25, 0.3) is 0 Å². The molecule has 0 fully saturated rings. The van der Waals surface area contributed by atoms with Crippen LogP contribution >= 0.6 is 0 Å². The van der Waals surface area contributed by atoms with E-state index in [0.717, 1.165) is 29.5 Å². The van der Waals surface area contributed by atoms with E-state index in [2.05, 4.69) is 5.32 Å². The van der Waals surface area contributed by atoms with Gasteiger partial charge in [0.15, 0.2) is 6.61 Å². The van der Waals surface area contributed by atoms with Gasteiger partial charge < -0.3 is 15.0 Å². The van der Waals surface area contributed by atoms with Crippen LogP contribution in [0.4, 0.5) is 4.39 Å². The number of carbonyl (C=O) groups excluding carboxylic acids is 2.